The molecule has 0 atom stereocenters. The lowest BCUT2D eigenvalue weighted by atomic mass is 10.1. The molecule has 0 spiro atoms. The van der Waals surface area contributed by atoms with Gasteiger partial charge in [0.1, 0.15) is 0 Å². The van der Waals surface area contributed by atoms with Crippen LogP contribution in [-0.4, -0.2) is 0 Å². The highest BCUT2D eigenvalue weighted by Gasteiger charge is 1.89. The molecule has 0 aliphatic heterocycles. The van der Waals surface area contributed by atoms with Gasteiger partial charge in [0.2, 0.25) is 0 Å². The lowest BCUT2D eigenvalue weighted by Gasteiger charge is -1.98. The second kappa shape index (κ2) is 12.0. The van der Waals surface area contributed by atoms with Crippen molar-refractivity contribution in [1.82, 2.24) is 0 Å². The minimum absolute atomic E-state index is 0.891. The fourth-order valence-electron chi connectivity index (χ4n) is 1.45. The van der Waals surface area contributed by atoms with E-state index in [1.807, 2.05) is 6.07 Å². The normalized spacial score (nSPS) is 8.86. The molecule has 0 fully saturated rings. The Morgan fingerprint density at radius 3 is 2.00 bits per heavy atom. The summed E-state index contributed by atoms with van der Waals surface area (Å²) in [5.41, 5.74) is 0. The molecule has 0 saturated heterocycles. The van der Waals surface area contributed by atoms with E-state index >= 15 is 0 Å². The number of hydrogen-bond acceptors (Lipinski definition) is 1. The van der Waals surface area contributed by atoms with Crippen LogP contribution in [-0.2, 0) is 0 Å². The van der Waals surface area contributed by atoms with Crippen molar-refractivity contribution in [1.29, 1.82) is 5.26 Å². The molecule has 78 valence electrons. The molecule has 0 aromatic heterocycles. The third-order valence-corrected chi connectivity index (χ3v) is 2.30. The third-order valence-electron chi connectivity index (χ3n) is 2.30. The van der Waals surface area contributed by atoms with Crippen LogP contribution in [0.3, 0.4) is 0 Å². The number of hydrogen-bond donors (Lipinski definition) is 0. The van der Waals surface area contributed by atoms with Crippen molar-refractivity contribution in [2.75, 3.05) is 0 Å². The van der Waals surface area contributed by atoms with E-state index < -0.39 is 0 Å². The summed E-state index contributed by atoms with van der Waals surface area (Å²) in [5.74, 6) is 5.26. The Morgan fingerprint density at radius 2 is 1.43 bits per heavy atom. The Hall–Kier alpha value is -0.950. The topological polar surface area (TPSA) is 23.8 Å². The molecule has 0 bridgehead atoms. The van der Waals surface area contributed by atoms with Gasteiger partial charge in [-0.1, -0.05) is 57.8 Å². The van der Waals surface area contributed by atoms with Crippen LogP contribution in [0.5, 0.6) is 0 Å². The van der Waals surface area contributed by atoms with E-state index in [2.05, 4.69) is 18.8 Å². The fraction of sp³-hybridized carbons (Fsp3) is 0.769. The van der Waals surface area contributed by atoms with Crippen molar-refractivity contribution in [3.05, 3.63) is 0 Å². The average Bonchev–Trinajstić information content (AvgIpc) is 2.21. The third kappa shape index (κ3) is 11.1. The van der Waals surface area contributed by atoms with Gasteiger partial charge in [-0.15, -0.1) is 0 Å². The lowest BCUT2D eigenvalue weighted by molar-refractivity contribution is 0.579. The monoisotopic (exact) mass is 191 g/mol. The predicted molar refractivity (Wildman–Crippen MR) is 60.6 cm³/mol. The summed E-state index contributed by atoms with van der Waals surface area (Å²) in [6.07, 6.45) is 11.5. The minimum atomic E-state index is 0.891. The molecule has 0 aromatic rings. The Morgan fingerprint density at radius 1 is 0.857 bits per heavy atom. The van der Waals surface area contributed by atoms with E-state index in [9.17, 15) is 0 Å². The molecular weight excluding hydrogens is 170 g/mol. The van der Waals surface area contributed by atoms with Gasteiger partial charge < -0.3 is 0 Å². The molecule has 14 heavy (non-hydrogen) atoms. The molecule has 0 aliphatic rings. The van der Waals surface area contributed by atoms with Crippen LogP contribution in [0.1, 0.15) is 64.7 Å². The van der Waals surface area contributed by atoms with Crippen molar-refractivity contribution in [3.8, 4) is 17.9 Å². The summed E-state index contributed by atoms with van der Waals surface area (Å²) in [4.78, 5) is 0. The van der Waals surface area contributed by atoms with Crippen LogP contribution >= 0.6 is 0 Å². The van der Waals surface area contributed by atoms with Crippen LogP contribution < -0.4 is 0 Å². The molecule has 0 N–H and O–H groups in total. The Labute approximate surface area is 88.5 Å². The Bertz CT molecular complexity index is 202. The van der Waals surface area contributed by atoms with Gasteiger partial charge in [-0.05, 0) is 6.42 Å². The summed E-state index contributed by atoms with van der Waals surface area (Å²) in [7, 11) is 0. The van der Waals surface area contributed by atoms with Gasteiger partial charge in [0.25, 0.3) is 0 Å². The van der Waals surface area contributed by atoms with Gasteiger partial charge in [-0.3, -0.25) is 0 Å². The number of unbranched alkanes of at least 4 members (excludes halogenated alkanes) is 8. The van der Waals surface area contributed by atoms with Gasteiger partial charge in [-0.2, -0.15) is 5.26 Å². The molecule has 1 heteroatoms. The van der Waals surface area contributed by atoms with Crippen molar-refractivity contribution < 1.29 is 0 Å². The van der Waals surface area contributed by atoms with Gasteiger partial charge in [0, 0.05) is 12.3 Å². The van der Waals surface area contributed by atoms with Gasteiger partial charge >= 0.3 is 0 Å². The second-order valence-corrected chi connectivity index (χ2v) is 3.64. The minimum Gasteiger partial charge on any atom is -0.183 e. The number of nitrogens with zero attached hydrogens (tertiary/aromatic N) is 1. The van der Waals surface area contributed by atoms with Crippen LogP contribution in [0.4, 0.5) is 0 Å². The van der Waals surface area contributed by atoms with Crippen molar-refractivity contribution in [2.45, 2.75) is 64.7 Å². The molecule has 0 heterocycles. The predicted octanol–water partition coefficient (Wildman–Crippen LogP) is 4.04. The van der Waals surface area contributed by atoms with Crippen LogP contribution in [0.2, 0.25) is 0 Å². The van der Waals surface area contributed by atoms with Gasteiger partial charge in [0.15, 0.2) is 6.07 Å². The number of rotatable bonds is 8. The van der Waals surface area contributed by atoms with Crippen molar-refractivity contribution >= 4 is 0 Å². The highest BCUT2D eigenvalue weighted by atomic mass is 14.2. The SMILES string of the molecule is CCCCCCCCCCC#CC#N. The van der Waals surface area contributed by atoms with E-state index in [-0.39, 0.29) is 0 Å². The maximum Gasteiger partial charge on any atom is 0.152 e. The van der Waals surface area contributed by atoms with Crippen molar-refractivity contribution in [3.63, 3.8) is 0 Å². The maximum absolute atomic E-state index is 8.17. The zero-order valence-electron chi connectivity index (χ0n) is 9.31. The standard InChI is InChI=1S/C13H21N/c1-2-3-4-5-6-7-8-9-10-11-12-13-14/h2-10H2,1H3. The molecule has 0 saturated carbocycles. The molecule has 0 unspecified atom stereocenters. The zero-order chi connectivity index (χ0) is 10.5. The molecule has 0 radical (unpaired) electrons. The summed E-state index contributed by atoms with van der Waals surface area (Å²) in [6.45, 7) is 2.24. The van der Waals surface area contributed by atoms with E-state index in [4.69, 9.17) is 5.26 Å². The summed E-state index contributed by atoms with van der Waals surface area (Å²) >= 11 is 0. The first kappa shape index (κ1) is 13.1. The Balaban J connectivity index is 2.96. The van der Waals surface area contributed by atoms with Crippen LogP contribution in [0.15, 0.2) is 0 Å². The highest BCUT2D eigenvalue weighted by Crippen LogP contribution is 2.08. The quantitative estimate of drug-likeness (QED) is 0.419. The van der Waals surface area contributed by atoms with Crippen molar-refractivity contribution in [2.24, 2.45) is 0 Å². The number of nitriles is 1. The van der Waals surface area contributed by atoms with Gasteiger partial charge in [0.05, 0.1) is 0 Å². The first-order valence-corrected chi connectivity index (χ1v) is 5.78. The first-order chi connectivity index (χ1) is 6.91. The Kier molecular flexibility index (Phi) is 11.2. The van der Waals surface area contributed by atoms with E-state index in [0.717, 1.165) is 12.8 Å². The molecule has 1 nitrogen and oxygen atoms in total. The molecule has 0 amide bonds. The molecular formula is C13H21N. The zero-order valence-corrected chi connectivity index (χ0v) is 9.31. The summed E-state index contributed by atoms with van der Waals surface area (Å²) < 4.78 is 0. The summed E-state index contributed by atoms with van der Waals surface area (Å²) in [6, 6.07) is 1.83. The highest BCUT2D eigenvalue weighted by molar-refractivity contribution is 5.16. The van der Waals surface area contributed by atoms with E-state index in [1.165, 1.54) is 44.9 Å². The van der Waals surface area contributed by atoms with Gasteiger partial charge in [-0.25, -0.2) is 0 Å². The van der Waals surface area contributed by atoms with E-state index in [1.54, 1.807) is 0 Å². The molecule has 0 rings (SSSR count). The molecule has 0 aromatic carbocycles. The largest absolute Gasteiger partial charge is 0.183 e. The maximum atomic E-state index is 8.17. The van der Waals surface area contributed by atoms with Crippen LogP contribution in [0, 0.1) is 23.2 Å². The lowest BCUT2D eigenvalue weighted by Crippen LogP contribution is -1.79. The van der Waals surface area contributed by atoms with E-state index in [0.29, 0.717) is 0 Å². The smallest absolute Gasteiger partial charge is 0.152 e. The molecule has 0 aliphatic carbocycles. The van der Waals surface area contributed by atoms with Crippen LogP contribution in [0.25, 0.3) is 0 Å². The first-order valence-electron chi connectivity index (χ1n) is 5.78. The fourth-order valence-corrected chi connectivity index (χ4v) is 1.45. The average molecular weight is 191 g/mol. The summed E-state index contributed by atoms with van der Waals surface area (Å²) in [5, 5.41) is 8.17. The second-order valence-electron chi connectivity index (χ2n) is 3.64.